The highest BCUT2D eigenvalue weighted by Crippen LogP contribution is 2.27. The zero-order chi connectivity index (χ0) is 21.0. The van der Waals surface area contributed by atoms with Crippen LogP contribution in [0.3, 0.4) is 0 Å². The van der Waals surface area contributed by atoms with Crippen molar-refractivity contribution in [1.82, 2.24) is 0 Å². The monoisotopic (exact) mass is 402 g/mol. The SMILES string of the molecule is C.CC(=O)Nc1cccc2c1C(=O)OC2=O.Nc1cccc(C(=O)O)c1C(=O)O. The molecule has 0 fully saturated rings. The molecule has 0 saturated carbocycles. The Bertz CT molecular complexity index is 1010. The first-order valence-corrected chi connectivity index (χ1v) is 7.65. The van der Waals surface area contributed by atoms with E-state index in [0.717, 1.165) is 0 Å². The number of ether oxygens (including phenoxy) is 1. The number of rotatable bonds is 3. The first-order chi connectivity index (χ1) is 13.1. The maximum absolute atomic E-state index is 11.3. The molecule has 0 unspecified atom stereocenters. The van der Waals surface area contributed by atoms with Gasteiger partial charge in [0.2, 0.25) is 5.91 Å². The molecule has 5 N–H and O–H groups in total. The molecular weight excluding hydrogens is 384 g/mol. The zero-order valence-corrected chi connectivity index (χ0v) is 14.4. The lowest BCUT2D eigenvalue weighted by atomic mass is 10.1. The van der Waals surface area contributed by atoms with Gasteiger partial charge in [-0.3, -0.25) is 4.79 Å². The molecule has 0 spiro atoms. The minimum absolute atomic E-state index is 0. The highest BCUT2D eigenvalue weighted by atomic mass is 16.6. The number of carboxylic acids is 2. The number of carboxylic acid groups (broad SMARTS) is 2. The van der Waals surface area contributed by atoms with Crippen molar-refractivity contribution < 1.29 is 38.9 Å². The fourth-order valence-corrected chi connectivity index (χ4v) is 2.41. The normalized spacial score (nSPS) is 11.2. The molecule has 1 amide bonds. The fourth-order valence-electron chi connectivity index (χ4n) is 2.41. The van der Waals surface area contributed by atoms with Gasteiger partial charge in [0.1, 0.15) is 0 Å². The number of aromatic carboxylic acids is 2. The molecule has 10 heteroatoms. The van der Waals surface area contributed by atoms with Crippen molar-refractivity contribution in [3.63, 3.8) is 0 Å². The van der Waals surface area contributed by atoms with Crippen LogP contribution in [-0.4, -0.2) is 40.0 Å². The molecule has 2 aromatic rings. The molecule has 0 atom stereocenters. The second kappa shape index (κ2) is 9.13. The molecule has 29 heavy (non-hydrogen) atoms. The lowest BCUT2D eigenvalue weighted by Gasteiger charge is -2.03. The van der Waals surface area contributed by atoms with Crippen molar-refractivity contribution in [1.29, 1.82) is 0 Å². The second-order valence-electron chi connectivity index (χ2n) is 5.47. The Labute approximate surface area is 164 Å². The van der Waals surface area contributed by atoms with Crippen LogP contribution >= 0.6 is 0 Å². The zero-order valence-electron chi connectivity index (χ0n) is 14.4. The highest BCUT2D eigenvalue weighted by Gasteiger charge is 2.32. The van der Waals surface area contributed by atoms with Gasteiger partial charge in [-0.05, 0) is 24.3 Å². The van der Waals surface area contributed by atoms with Crippen LogP contribution in [-0.2, 0) is 9.53 Å². The largest absolute Gasteiger partial charge is 0.478 e. The number of carbonyl (C=O) groups is 5. The molecule has 1 aliphatic rings. The van der Waals surface area contributed by atoms with Crippen molar-refractivity contribution in [2.75, 3.05) is 11.1 Å². The maximum Gasteiger partial charge on any atom is 0.349 e. The number of cyclic esters (lactones) is 2. The van der Waals surface area contributed by atoms with Crippen LogP contribution < -0.4 is 11.1 Å². The van der Waals surface area contributed by atoms with Crippen LogP contribution in [0, 0.1) is 0 Å². The molecule has 2 aromatic carbocycles. The number of benzene rings is 2. The summed E-state index contributed by atoms with van der Waals surface area (Å²) in [7, 11) is 0. The predicted octanol–water partition coefficient (Wildman–Crippen LogP) is 2.26. The first-order valence-electron chi connectivity index (χ1n) is 7.65. The predicted molar refractivity (Wildman–Crippen MR) is 102 cm³/mol. The molecule has 0 aromatic heterocycles. The number of carbonyl (C=O) groups excluding carboxylic acids is 3. The van der Waals surface area contributed by atoms with E-state index >= 15 is 0 Å². The van der Waals surface area contributed by atoms with Crippen molar-refractivity contribution in [3.05, 3.63) is 58.7 Å². The highest BCUT2D eigenvalue weighted by molar-refractivity contribution is 6.18. The van der Waals surface area contributed by atoms with Crippen LogP contribution in [0.5, 0.6) is 0 Å². The van der Waals surface area contributed by atoms with Gasteiger partial charge in [0.05, 0.1) is 27.9 Å². The van der Waals surface area contributed by atoms with Crippen LogP contribution in [0.4, 0.5) is 11.4 Å². The average Bonchev–Trinajstić information content (AvgIpc) is 2.89. The van der Waals surface area contributed by atoms with E-state index in [-0.39, 0.29) is 41.3 Å². The summed E-state index contributed by atoms with van der Waals surface area (Å²) in [5.74, 6) is -4.35. The van der Waals surface area contributed by atoms with Gasteiger partial charge >= 0.3 is 23.9 Å². The summed E-state index contributed by atoms with van der Waals surface area (Å²) in [5.41, 5.74) is 5.21. The van der Waals surface area contributed by atoms with E-state index in [2.05, 4.69) is 10.1 Å². The van der Waals surface area contributed by atoms with Crippen molar-refractivity contribution in [2.45, 2.75) is 14.4 Å². The molecule has 0 aliphatic carbocycles. The van der Waals surface area contributed by atoms with E-state index in [9.17, 15) is 24.0 Å². The van der Waals surface area contributed by atoms with Gasteiger partial charge in [0.25, 0.3) is 0 Å². The minimum Gasteiger partial charge on any atom is -0.478 e. The van der Waals surface area contributed by atoms with Gasteiger partial charge in [0, 0.05) is 12.6 Å². The Morgan fingerprint density at radius 3 is 2.10 bits per heavy atom. The third-order valence-corrected chi connectivity index (χ3v) is 3.53. The topological polar surface area (TPSA) is 173 Å². The van der Waals surface area contributed by atoms with Gasteiger partial charge < -0.3 is 26.0 Å². The van der Waals surface area contributed by atoms with E-state index in [1.54, 1.807) is 12.1 Å². The second-order valence-corrected chi connectivity index (χ2v) is 5.47. The lowest BCUT2D eigenvalue weighted by molar-refractivity contribution is -0.114. The summed E-state index contributed by atoms with van der Waals surface area (Å²) in [5, 5.41) is 19.7. The average molecular weight is 402 g/mol. The van der Waals surface area contributed by atoms with Crippen molar-refractivity contribution in [2.24, 2.45) is 0 Å². The van der Waals surface area contributed by atoms with Gasteiger partial charge in [0.15, 0.2) is 0 Å². The molecule has 152 valence electrons. The van der Waals surface area contributed by atoms with Crippen molar-refractivity contribution in [3.8, 4) is 0 Å². The number of nitrogens with two attached hydrogens (primary N) is 1. The number of amides is 1. The Kier molecular flexibility index (Phi) is 7.19. The lowest BCUT2D eigenvalue weighted by Crippen LogP contribution is -2.10. The maximum atomic E-state index is 11.3. The smallest absolute Gasteiger partial charge is 0.349 e. The summed E-state index contributed by atoms with van der Waals surface area (Å²) in [6.45, 7) is 1.32. The number of hydrogen-bond donors (Lipinski definition) is 4. The Morgan fingerprint density at radius 1 is 0.966 bits per heavy atom. The van der Waals surface area contributed by atoms with Gasteiger partial charge in [-0.2, -0.15) is 0 Å². The quantitative estimate of drug-likeness (QED) is 0.341. The van der Waals surface area contributed by atoms with Crippen LogP contribution in [0.1, 0.15) is 55.8 Å². The molecule has 10 nitrogen and oxygen atoms in total. The van der Waals surface area contributed by atoms with Crippen LogP contribution in [0.15, 0.2) is 36.4 Å². The van der Waals surface area contributed by atoms with Crippen LogP contribution in [0.2, 0.25) is 0 Å². The number of nitrogens with one attached hydrogen (secondary N) is 1. The number of nitrogen functional groups attached to an aromatic ring is 1. The van der Waals surface area contributed by atoms with Crippen molar-refractivity contribution >= 4 is 41.2 Å². The Morgan fingerprint density at radius 2 is 1.59 bits per heavy atom. The molecule has 0 radical (unpaired) electrons. The standard InChI is InChI=1S/C10H7NO4.C8H7NO4.CH4/c1-5(12)11-7-4-2-3-6-8(7)10(14)15-9(6)13;9-5-3-1-2-4(7(10)11)6(5)8(12)13;/h2-4H,1H3,(H,11,12);1-3H,9H2,(H,10,11)(H,12,13);1H4. The Hall–Kier alpha value is -4.21. The third kappa shape index (κ3) is 4.95. The number of anilines is 2. The summed E-state index contributed by atoms with van der Waals surface area (Å²) in [6.07, 6.45) is 0. The van der Waals surface area contributed by atoms with Gasteiger partial charge in [-0.25, -0.2) is 19.2 Å². The van der Waals surface area contributed by atoms with E-state index in [0.29, 0.717) is 5.69 Å². The number of esters is 2. The number of hydrogen-bond acceptors (Lipinski definition) is 7. The van der Waals surface area contributed by atoms with E-state index < -0.39 is 23.9 Å². The molecule has 1 aliphatic heterocycles. The van der Waals surface area contributed by atoms with Gasteiger partial charge in [-0.15, -0.1) is 0 Å². The third-order valence-electron chi connectivity index (χ3n) is 3.53. The fraction of sp³-hybridized carbons (Fsp3) is 0.105. The summed E-state index contributed by atoms with van der Waals surface area (Å²) < 4.78 is 4.42. The van der Waals surface area contributed by atoms with E-state index in [1.165, 1.54) is 31.2 Å². The molecule has 1 heterocycles. The first kappa shape index (κ1) is 22.8. The summed E-state index contributed by atoms with van der Waals surface area (Å²) in [6, 6.07) is 8.53. The van der Waals surface area contributed by atoms with Crippen LogP contribution in [0.25, 0.3) is 0 Å². The molecule has 0 bridgehead atoms. The summed E-state index contributed by atoms with van der Waals surface area (Å²) in [4.78, 5) is 54.5. The molecular formula is C19H18N2O8. The molecule has 0 saturated heterocycles. The number of fused-ring (bicyclic) bond motifs is 1. The molecule has 3 rings (SSSR count). The minimum atomic E-state index is -1.34. The van der Waals surface area contributed by atoms with Gasteiger partial charge in [-0.1, -0.05) is 19.6 Å². The Balaban J connectivity index is 0.000000284. The van der Waals surface area contributed by atoms with E-state index in [1.807, 2.05) is 0 Å². The van der Waals surface area contributed by atoms with E-state index in [4.69, 9.17) is 15.9 Å². The summed E-state index contributed by atoms with van der Waals surface area (Å²) >= 11 is 0.